The highest BCUT2D eigenvalue weighted by atomic mass is 31.1. The van der Waals surface area contributed by atoms with E-state index in [-0.39, 0.29) is 0 Å². The third-order valence-corrected chi connectivity index (χ3v) is 5.87. The van der Waals surface area contributed by atoms with Crippen LogP contribution in [0.25, 0.3) is 0 Å². The van der Waals surface area contributed by atoms with E-state index in [4.69, 9.17) is 0 Å². The molecule has 0 aromatic heterocycles. The molecule has 0 spiro atoms. The normalized spacial score (nSPS) is 17.7. The molecule has 0 aliphatic carbocycles. The summed E-state index contributed by atoms with van der Waals surface area (Å²) in [6, 6.07) is 0. The van der Waals surface area contributed by atoms with Crippen molar-refractivity contribution in [3.8, 4) is 0 Å². The second-order valence-corrected chi connectivity index (χ2v) is 7.54. The molecule has 1 aliphatic heterocycles. The monoisotopic (exact) mass is 270 g/mol. The van der Waals surface area contributed by atoms with Crippen LogP contribution >= 0.6 is 7.77 Å². The highest BCUT2D eigenvalue weighted by Gasteiger charge is 2.16. The van der Waals surface area contributed by atoms with Crippen LogP contribution < -0.4 is 4.89 Å². The lowest BCUT2D eigenvalue weighted by Crippen LogP contribution is -1.97. The third kappa shape index (κ3) is 7.54. The molecule has 1 atom stereocenters. The predicted octanol–water partition coefficient (Wildman–Crippen LogP) is 5.02. The molecule has 1 unspecified atom stereocenters. The number of hydrogen-bond donors (Lipinski definition) is 0. The van der Waals surface area contributed by atoms with E-state index in [1.807, 2.05) is 0 Å². The molecule has 0 aromatic carbocycles. The number of hydrogen-bond acceptors (Lipinski definition) is 1. The van der Waals surface area contributed by atoms with E-state index in [9.17, 15) is 4.89 Å². The van der Waals surface area contributed by atoms with Crippen molar-refractivity contribution < 1.29 is 4.89 Å². The lowest BCUT2D eigenvalue weighted by Gasteiger charge is -2.02. The summed E-state index contributed by atoms with van der Waals surface area (Å²) < 4.78 is 0. The van der Waals surface area contributed by atoms with Gasteiger partial charge in [0.05, 0.1) is 5.29 Å². The molecule has 1 nitrogen and oxygen atoms in total. The Labute approximate surface area is 115 Å². The molecule has 1 heterocycles. The fourth-order valence-electron chi connectivity index (χ4n) is 2.78. The topological polar surface area (TPSA) is 23.1 Å². The molecule has 0 fully saturated rings. The maximum atomic E-state index is 11.6. The molecular formula is C16H31OP. The Balaban J connectivity index is 1.80. The minimum Gasteiger partial charge on any atom is -0.631 e. The minimum atomic E-state index is -0.898. The Bertz CT molecular complexity index is 235. The molecular weight excluding hydrogens is 239 g/mol. The summed E-state index contributed by atoms with van der Waals surface area (Å²) in [6.45, 7) is 2.27. The lowest BCUT2D eigenvalue weighted by atomic mass is 10.0. The molecule has 0 N–H and O–H groups in total. The van der Waals surface area contributed by atoms with Gasteiger partial charge in [0.2, 0.25) is 0 Å². The summed E-state index contributed by atoms with van der Waals surface area (Å²) in [7, 11) is -0.898. The minimum absolute atomic E-state index is 0.898. The van der Waals surface area contributed by atoms with Crippen molar-refractivity contribution in [2.45, 2.75) is 90.4 Å². The Morgan fingerprint density at radius 1 is 0.889 bits per heavy atom. The first kappa shape index (κ1) is 16.2. The van der Waals surface area contributed by atoms with Crippen molar-refractivity contribution in [1.29, 1.82) is 0 Å². The van der Waals surface area contributed by atoms with Crippen LogP contribution in [0.4, 0.5) is 0 Å². The van der Waals surface area contributed by atoms with Crippen molar-refractivity contribution in [3.05, 3.63) is 0 Å². The zero-order chi connectivity index (χ0) is 13.1. The van der Waals surface area contributed by atoms with Gasteiger partial charge >= 0.3 is 0 Å². The van der Waals surface area contributed by atoms with Crippen LogP contribution in [0.5, 0.6) is 0 Å². The average Bonchev–Trinajstić information content (AvgIpc) is 2.77. The Morgan fingerprint density at radius 2 is 1.44 bits per heavy atom. The average molecular weight is 270 g/mol. The van der Waals surface area contributed by atoms with Gasteiger partial charge in [0, 0.05) is 20.6 Å². The first-order valence-electron chi connectivity index (χ1n) is 8.14. The number of rotatable bonds is 11. The van der Waals surface area contributed by atoms with E-state index >= 15 is 0 Å². The van der Waals surface area contributed by atoms with E-state index < -0.39 is 7.77 Å². The molecule has 0 bridgehead atoms. The van der Waals surface area contributed by atoms with Gasteiger partial charge in [-0.1, -0.05) is 64.7 Å². The third-order valence-electron chi connectivity index (χ3n) is 4.00. The fourth-order valence-corrected chi connectivity index (χ4v) is 4.35. The molecule has 1 aliphatic rings. The van der Waals surface area contributed by atoms with Gasteiger partial charge in [-0.25, -0.2) is 0 Å². The largest absolute Gasteiger partial charge is 0.631 e. The van der Waals surface area contributed by atoms with E-state index in [1.165, 1.54) is 75.9 Å². The van der Waals surface area contributed by atoms with Gasteiger partial charge in [-0.05, 0) is 12.8 Å². The van der Waals surface area contributed by atoms with Crippen LogP contribution in [-0.4, -0.2) is 11.5 Å². The van der Waals surface area contributed by atoms with Gasteiger partial charge < -0.3 is 4.89 Å². The second-order valence-electron chi connectivity index (χ2n) is 5.70. The summed E-state index contributed by atoms with van der Waals surface area (Å²) in [4.78, 5) is 11.6. The van der Waals surface area contributed by atoms with E-state index in [0.29, 0.717) is 0 Å². The van der Waals surface area contributed by atoms with Gasteiger partial charge in [0.1, 0.15) is 6.16 Å². The van der Waals surface area contributed by atoms with Gasteiger partial charge in [-0.2, -0.15) is 0 Å². The molecule has 0 saturated carbocycles. The summed E-state index contributed by atoms with van der Waals surface area (Å²) in [5, 5.41) is 1.39. The van der Waals surface area contributed by atoms with Gasteiger partial charge in [0.15, 0.2) is 0 Å². The van der Waals surface area contributed by atoms with Crippen molar-refractivity contribution in [1.82, 2.24) is 0 Å². The first-order valence-corrected chi connectivity index (χ1v) is 9.58. The van der Waals surface area contributed by atoms with Gasteiger partial charge in [-0.3, -0.25) is 0 Å². The SMILES string of the molecule is CCCCCCCCCCCCC1=[P+]([O-])CCC1. The highest BCUT2D eigenvalue weighted by Crippen LogP contribution is 2.29. The van der Waals surface area contributed by atoms with Crippen LogP contribution in [-0.2, 0) is 0 Å². The molecule has 0 aromatic rings. The summed E-state index contributed by atoms with van der Waals surface area (Å²) in [6.07, 6.45) is 18.4. The fraction of sp³-hybridized carbons (Fsp3) is 0.938. The molecule has 0 amide bonds. The lowest BCUT2D eigenvalue weighted by molar-refractivity contribution is -0.152. The van der Waals surface area contributed by atoms with Crippen molar-refractivity contribution in [2.24, 2.45) is 0 Å². The standard InChI is InChI=1S/C16H31OP/c1-2-3-4-5-6-7-8-9-10-11-13-16-14-12-15-18(16)17/h2-15H2,1H3. The Morgan fingerprint density at radius 3 is 1.94 bits per heavy atom. The van der Waals surface area contributed by atoms with E-state index in [1.54, 1.807) is 0 Å². The molecule has 0 radical (unpaired) electrons. The summed E-state index contributed by atoms with van der Waals surface area (Å²) >= 11 is 0. The molecule has 106 valence electrons. The number of unbranched alkanes of at least 4 members (excludes halogenated alkanes) is 9. The summed E-state index contributed by atoms with van der Waals surface area (Å²) in [5.41, 5.74) is 0. The molecule has 2 heteroatoms. The van der Waals surface area contributed by atoms with Crippen LogP contribution in [0.15, 0.2) is 0 Å². The molecule has 1 rings (SSSR count). The van der Waals surface area contributed by atoms with E-state index in [2.05, 4.69) is 6.92 Å². The van der Waals surface area contributed by atoms with Crippen molar-refractivity contribution in [3.63, 3.8) is 0 Å². The van der Waals surface area contributed by atoms with Crippen molar-refractivity contribution in [2.75, 3.05) is 6.16 Å². The van der Waals surface area contributed by atoms with Crippen molar-refractivity contribution >= 4 is 13.1 Å². The van der Waals surface area contributed by atoms with Crippen LogP contribution in [0.1, 0.15) is 90.4 Å². The smallest absolute Gasteiger partial charge is 0.103 e. The van der Waals surface area contributed by atoms with Crippen LogP contribution in [0, 0.1) is 0 Å². The van der Waals surface area contributed by atoms with Gasteiger partial charge in [-0.15, -0.1) is 0 Å². The predicted molar refractivity (Wildman–Crippen MR) is 82.5 cm³/mol. The highest BCUT2D eigenvalue weighted by molar-refractivity contribution is 7.52. The van der Waals surface area contributed by atoms with Crippen LogP contribution in [0.3, 0.4) is 0 Å². The zero-order valence-corrected chi connectivity index (χ0v) is 13.1. The molecule has 18 heavy (non-hydrogen) atoms. The van der Waals surface area contributed by atoms with Crippen LogP contribution in [0.2, 0.25) is 0 Å². The quantitative estimate of drug-likeness (QED) is 0.382. The first-order chi connectivity index (χ1) is 8.84. The maximum Gasteiger partial charge on any atom is 0.103 e. The van der Waals surface area contributed by atoms with E-state index in [0.717, 1.165) is 19.0 Å². The maximum absolute atomic E-state index is 11.6. The Kier molecular flexibility index (Phi) is 9.89. The van der Waals surface area contributed by atoms with Gasteiger partial charge in [0.25, 0.3) is 0 Å². The zero-order valence-electron chi connectivity index (χ0n) is 12.3. The Hall–Kier alpha value is 0.130. The molecule has 0 saturated heterocycles. The second kappa shape index (κ2) is 11.0. The summed E-state index contributed by atoms with van der Waals surface area (Å²) in [5.74, 6) is 0.